The van der Waals surface area contributed by atoms with Gasteiger partial charge in [-0.25, -0.2) is 0 Å². The molecule has 0 aliphatic carbocycles. The van der Waals surface area contributed by atoms with Gasteiger partial charge in [0.1, 0.15) is 0 Å². The molecule has 0 fully saturated rings. The molecule has 0 saturated carbocycles. The van der Waals surface area contributed by atoms with Crippen LogP contribution >= 0.6 is 0 Å². The summed E-state index contributed by atoms with van der Waals surface area (Å²) in [5.41, 5.74) is 0. The van der Waals surface area contributed by atoms with Gasteiger partial charge in [-0.15, -0.1) is 0 Å². The average Bonchev–Trinajstić information content (AvgIpc) is 2.16. The van der Waals surface area contributed by atoms with Crippen molar-refractivity contribution in [3.63, 3.8) is 0 Å². The van der Waals surface area contributed by atoms with E-state index in [1.165, 1.54) is 51.5 Å². The Bertz CT molecular complexity index is 141. The maximum atomic E-state index is 8.36. The van der Waals surface area contributed by atoms with Crippen molar-refractivity contribution in [3.05, 3.63) is 0 Å². The van der Waals surface area contributed by atoms with Crippen LogP contribution in [0.3, 0.4) is 0 Å². The fraction of sp³-hybridized carbons (Fsp3) is 0.923. The molecule has 0 unspecified atom stereocenters. The number of unbranched alkanes of at least 4 members (excludes halogenated alkanes) is 6. The summed E-state index contributed by atoms with van der Waals surface area (Å²) in [6.07, 6.45) is 9.95. The lowest BCUT2D eigenvalue weighted by atomic mass is 10.1. The van der Waals surface area contributed by atoms with E-state index in [4.69, 9.17) is 9.90 Å². The Morgan fingerprint density at radius 3 is 1.69 bits per heavy atom. The number of rotatable bonds is 8. The zero-order chi connectivity index (χ0) is 12.9. The number of carbonyl (C=O) groups is 1. The fourth-order valence-electron chi connectivity index (χ4n) is 1.54. The summed E-state index contributed by atoms with van der Waals surface area (Å²) < 4.78 is 1.12. The second-order valence-corrected chi connectivity index (χ2v) is 5.24. The van der Waals surface area contributed by atoms with Crippen LogP contribution < -0.4 is 0 Å². The van der Waals surface area contributed by atoms with Crippen LogP contribution in [0.1, 0.15) is 51.9 Å². The molecule has 98 valence electrons. The Morgan fingerprint density at radius 2 is 1.31 bits per heavy atom. The molecular formula is C13H30NO2+. The first kappa shape index (κ1) is 17.8. The minimum atomic E-state index is -0.250. The number of nitrogens with zero attached hydrogens (tertiary/aromatic N) is 1. The zero-order valence-corrected chi connectivity index (χ0v) is 11.5. The third-order valence-electron chi connectivity index (χ3n) is 2.43. The van der Waals surface area contributed by atoms with Crippen LogP contribution in [-0.2, 0) is 4.79 Å². The van der Waals surface area contributed by atoms with Gasteiger partial charge >= 0.3 is 0 Å². The minimum absolute atomic E-state index is 0.250. The monoisotopic (exact) mass is 232 g/mol. The zero-order valence-electron chi connectivity index (χ0n) is 11.5. The van der Waals surface area contributed by atoms with E-state index >= 15 is 0 Å². The third-order valence-corrected chi connectivity index (χ3v) is 2.43. The van der Waals surface area contributed by atoms with Crippen LogP contribution in [0.15, 0.2) is 0 Å². The Hall–Kier alpha value is -0.570. The first-order valence-corrected chi connectivity index (χ1v) is 6.36. The topological polar surface area (TPSA) is 37.3 Å². The first-order valence-electron chi connectivity index (χ1n) is 6.36. The highest BCUT2D eigenvalue weighted by molar-refractivity contribution is 5.32. The van der Waals surface area contributed by atoms with E-state index in [1.54, 1.807) is 0 Å². The largest absolute Gasteiger partial charge is 0.483 e. The highest BCUT2D eigenvalue weighted by Crippen LogP contribution is 2.07. The normalized spacial score (nSPS) is 10.5. The van der Waals surface area contributed by atoms with Gasteiger partial charge in [0.15, 0.2) is 0 Å². The van der Waals surface area contributed by atoms with Gasteiger partial charge in [0.25, 0.3) is 6.47 Å². The quantitative estimate of drug-likeness (QED) is 0.396. The van der Waals surface area contributed by atoms with E-state index in [0.717, 1.165) is 4.48 Å². The molecule has 0 aromatic carbocycles. The smallest absolute Gasteiger partial charge is 0.290 e. The summed E-state index contributed by atoms with van der Waals surface area (Å²) in [5, 5.41) is 6.89. The van der Waals surface area contributed by atoms with Gasteiger partial charge in [-0.2, -0.15) is 0 Å². The summed E-state index contributed by atoms with van der Waals surface area (Å²) in [7, 11) is 6.82. The lowest BCUT2D eigenvalue weighted by Gasteiger charge is -2.23. The molecular weight excluding hydrogens is 202 g/mol. The summed E-state index contributed by atoms with van der Waals surface area (Å²) in [6, 6.07) is 0. The molecule has 1 N–H and O–H groups in total. The van der Waals surface area contributed by atoms with E-state index < -0.39 is 0 Å². The molecule has 0 atom stereocenters. The molecule has 0 rings (SSSR count). The van der Waals surface area contributed by atoms with Crippen molar-refractivity contribution in [2.75, 3.05) is 27.7 Å². The molecule has 0 aromatic rings. The van der Waals surface area contributed by atoms with Gasteiger partial charge in [0.05, 0.1) is 27.7 Å². The number of quaternary nitrogens is 1. The number of carboxylic acid groups (broad SMARTS) is 1. The fourth-order valence-corrected chi connectivity index (χ4v) is 1.54. The average molecular weight is 232 g/mol. The van der Waals surface area contributed by atoms with Crippen molar-refractivity contribution in [1.82, 2.24) is 0 Å². The van der Waals surface area contributed by atoms with Crippen LogP contribution in [-0.4, -0.2) is 43.7 Å². The lowest BCUT2D eigenvalue weighted by molar-refractivity contribution is -0.870. The van der Waals surface area contributed by atoms with Crippen LogP contribution in [0.5, 0.6) is 0 Å². The molecule has 0 radical (unpaired) electrons. The number of hydrogen-bond donors (Lipinski definition) is 1. The van der Waals surface area contributed by atoms with Gasteiger partial charge in [-0.05, 0) is 12.8 Å². The minimum Gasteiger partial charge on any atom is -0.483 e. The summed E-state index contributed by atoms with van der Waals surface area (Å²) >= 11 is 0. The van der Waals surface area contributed by atoms with E-state index in [-0.39, 0.29) is 6.47 Å². The summed E-state index contributed by atoms with van der Waals surface area (Å²) in [4.78, 5) is 8.36. The van der Waals surface area contributed by atoms with Crippen molar-refractivity contribution < 1.29 is 14.4 Å². The molecule has 0 bridgehead atoms. The highest BCUT2D eigenvalue weighted by atomic mass is 16.3. The van der Waals surface area contributed by atoms with Gasteiger partial charge < -0.3 is 9.59 Å². The van der Waals surface area contributed by atoms with Gasteiger partial charge in [-0.3, -0.25) is 4.79 Å². The number of hydrogen-bond acceptors (Lipinski definition) is 1. The molecule has 0 saturated heterocycles. The molecule has 0 aliphatic heterocycles. The second kappa shape index (κ2) is 12.5. The van der Waals surface area contributed by atoms with Crippen LogP contribution in [0.4, 0.5) is 0 Å². The Labute approximate surface area is 101 Å². The van der Waals surface area contributed by atoms with Crippen molar-refractivity contribution in [3.8, 4) is 0 Å². The summed E-state index contributed by atoms with van der Waals surface area (Å²) in [5.74, 6) is 0. The second-order valence-electron chi connectivity index (χ2n) is 5.24. The molecule has 0 heterocycles. The van der Waals surface area contributed by atoms with E-state index in [9.17, 15) is 0 Å². The molecule has 0 aliphatic rings. The predicted octanol–water partition coefficient (Wildman–Crippen LogP) is 3.14. The van der Waals surface area contributed by atoms with Gasteiger partial charge in [0, 0.05) is 0 Å². The molecule has 3 nitrogen and oxygen atoms in total. The summed E-state index contributed by atoms with van der Waals surface area (Å²) in [6.45, 7) is 3.35. The van der Waals surface area contributed by atoms with Gasteiger partial charge in [-0.1, -0.05) is 39.0 Å². The van der Waals surface area contributed by atoms with Crippen molar-refractivity contribution >= 4 is 6.47 Å². The molecule has 0 spiro atoms. The van der Waals surface area contributed by atoms with Crippen LogP contribution in [0.25, 0.3) is 0 Å². The van der Waals surface area contributed by atoms with Crippen molar-refractivity contribution in [2.24, 2.45) is 0 Å². The lowest BCUT2D eigenvalue weighted by Crippen LogP contribution is -2.35. The standard InChI is InChI=1S/C12H28N.CH2O2/c1-5-6-7-8-9-10-11-12-13(2,3)4;2-1-3/h5-12H2,1-4H3;1H,(H,2,3)/q+1;. The Morgan fingerprint density at radius 1 is 0.938 bits per heavy atom. The van der Waals surface area contributed by atoms with Crippen LogP contribution in [0, 0.1) is 0 Å². The van der Waals surface area contributed by atoms with E-state index in [1.807, 2.05) is 0 Å². The molecule has 0 amide bonds. The van der Waals surface area contributed by atoms with Gasteiger partial charge in [0.2, 0.25) is 0 Å². The maximum Gasteiger partial charge on any atom is 0.290 e. The molecule has 16 heavy (non-hydrogen) atoms. The van der Waals surface area contributed by atoms with Crippen molar-refractivity contribution in [1.29, 1.82) is 0 Å². The first-order chi connectivity index (χ1) is 7.47. The Balaban J connectivity index is 0. The van der Waals surface area contributed by atoms with E-state index in [2.05, 4.69) is 28.1 Å². The van der Waals surface area contributed by atoms with Crippen LogP contribution in [0.2, 0.25) is 0 Å². The maximum absolute atomic E-state index is 8.36. The third kappa shape index (κ3) is 23.3. The molecule has 3 heteroatoms. The predicted molar refractivity (Wildman–Crippen MR) is 69.6 cm³/mol. The van der Waals surface area contributed by atoms with E-state index in [0.29, 0.717) is 0 Å². The molecule has 0 aromatic heterocycles. The van der Waals surface area contributed by atoms with Crippen molar-refractivity contribution in [2.45, 2.75) is 51.9 Å². The SMILES string of the molecule is CCCCCCCCC[N+](C)(C)C.O=CO. The highest BCUT2D eigenvalue weighted by Gasteiger charge is 2.04. The Kier molecular flexibility index (Phi) is 13.9.